The minimum Gasteiger partial charge on any atom is -0.368 e. The topological polar surface area (TPSA) is 49.8 Å². The SMILES string of the molecule is CNCC(C)CNc1nc2ccccc2nc1C. The number of anilines is 1. The van der Waals surface area contributed by atoms with Crippen LogP contribution in [0.4, 0.5) is 5.82 Å². The minimum atomic E-state index is 0.558. The van der Waals surface area contributed by atoms with Crippen molar-refractivity contribution in [1.82, 2.24) is 15.3 Å². The van der Waals surface area contributed by atoms with Gasteiger partial charge in [-0.25, -0.2) is 9.97 Å². The Balaban J connectivity index is 2.15. The molecule has 0 bridgehead atoms. The third-order valence-corrected chi connectivity index (χ3v) is 2.92. The molecule has 0 aliphatic carbocycles. The summed E-state index contributed by atoms with van der Waals surface area (Å²) < 4.78 is 0. The van der Waals surface area contributed by atoms with Gasteiger partial charge >= 0.3 is 0 Å². The Labute approximate surface area is 108 Å². The van der Waals surface area contributed by atoms with Crippen molar-refractivity contribution in [2.75, 3.05) is 25.5 Å². The summed E-state index contributed by atoms with van der Waals surface area (Å²) in [6.45, 7) is 6.08. The fraction of sp³-hybridized carbons (Fsp3) is 0.429. The molecule has 2 rings (SSSR count). The smallest absolute Gasteiger partial charge is 0.148 e. The van der Waals surface area contributed by atoms with Gasteiger partial charge in [-0.3, -0.25) is 0 Å². The lowest BCUT2D eigenvalue weighted by atomic mass is 10.2. The number of fused-ring (bicyclic) bond motifs is 1. The molecule has 0 aliphatic rings. The van der Waals surface area contributed by atoms with E-state index in [2.05, 4.69) is 27.5 Å². The molecule has 4 heteroatoms. The second-order valence-electron chi connectivity index (χ2n) is 4.69. The summed E-state index contributed by atoms with van der Waals surface area (Å²) in [4.78, 5) is 9.17. The van der Waals surface area contributed by atoms with E-state index in [9.17, 15) is 0 Å². The fourth-order valence-corrected chi connectivity index (χ4v) is 1.95. The van der Waals surface area contributed by atoms with Gasteiger partial charge in [0, 0.05) is 6.54 Å². The summed E-state index contributed by atoms with van der Waals surface area (Å²) in [5.74, 6) is 1.44. The fourth-order valence-electron chi connectivity index (χ4n) is 1.95. The van der Waals surface area contributed by atoms with E-state index in [1.807, 2.05) is 38.2 Å². The highest BCUT2D eigenvalue weighted by atomic mass is 15.0. The van der Waals surface area contributed by atoms with Crippen LogP contribution in [0.1, 0.15) is 12.6 Å². The van der Waals surface area contributed by atoms with Crippen LogP contribution in [0.3, 0.4) is 0 Å². The molecule has 1 unspecified atom stereocenters. The molecule has 0 saturated heterocycles. The largest absolute Gasteiger partial charge is 0.368 e. The normalized spacial score (nSPS) is 12.6. The Morgan fingerprint density at radius 1 is 1.11 bits per heavy atom. The van der Waals surface area contributed by atoms with Crippen LogP contribution in [0.5, 0.6) is 0 Å². The van der Waals surface area contributed by atoms with Gasteiger partial charge in [0.1, 0.15) is 5.82 Å². The first-order valence-corrected chi connectivity index (χ1v) is 6.32. The Kier molecular flexibility index (Phi) is 4.10. The van der Waals surface area contributed by atoms with Crippen LogP contribution < -0.4 is 10.6 Å². The molecule has 18 heavy (non-hydrogen) atoms. The molecule has 0 saturated carbocycles. The van der Waals surface area contributed by atoms with Gasteiger partial charge in [-0.2, -0.15) is 0 Å². The third-order valence-electron chi connectivity index (χ3n) is 2.92. The van der Waals surface area contributed by atoms with E-state index in [1.54, 1.807) is 0 Å². The van der Waals surface area contributed by atoms with Gasteiger partial charge in [-0.05, 0) is 38.6 Å². The number of benzene rings is 1. The van der Waals surface area contributed by atoms with E-state index in [-0.39, 0.29) is 0 Å². The zero-order chi connectivity index (χ0) is 13.0. The lowest BCUT2D eigenvalue weighted by Gasteiger charge is -2.14. The predicted molar refractivity (Wildman–Crippen MR) is 75.9 cm³/mol. The second kappa shape index (κ2) is 5.78. The Morgan fingerprint density at radius 2 is 1.78 bits per heavy atom. The molecule has 96 valence electrons. The first-order valence-electron chi connectivity index (χ1n) is 6.32. The molecule has 1 heterocycles. The molecule has 2 N–H and O–H groups in total. The molecule has 0 amide bonds. The summed E-state index contributed by atoms with van der Waals surface area (Å²) >= 11 is 0. The van der Waals surface area contributed by atoms with Crippen molar-refractivity contribution >= 4 is 16.9 Å². The van der Waals surface area contributed by atoms with Crippen molar-refractivity contribution in [3.05, 3.63) is 30.0 Å². The van der Waals surface area contributed by atoms with Crippen molar-refractivity contribution in [2.45, 2.75) is 13.8 Å². The molecule has 4 nitrogen and oxygen atoms in total. The molecule has 0 radical (unpaired) electrons. The van der Waals surface area contributed by atoms with E-state index in [0.717, 1.165) is 35.6 Å². The van der Waals surface area contributed by atoms with E-state index >= 15 is 0 Å². The molecule has 0 fully saturated rings. The van der Waals surface area contributed by atoms with Crippen molar-refractivity contribution < 1.29 is 0 Å². The van der Waals surface area contributed by atoms with Crippen molar-refractivity contribution in [3.8, 4) is 0 Å². The average Bonchev–Trinajstić information content (AvgIpc) is 2.36. The van der Waals surface area contributed by atoms with Gasteiger partial charge in [0.2, 0.25) is 0 Å². The Hall–Kier alpha value is -1.68. The maximum atomic E-state index is 4.61. The van der Waals surface area contributed by atoms with Gasteiger partial charge in [-0.1, -0.05) is 19.1 Å². The summed E-state index contributed by atoms with van der Waals surface area (Å²) in [5, 5.41) is 6.55. The Morgan fingerprint density at radius 3 is 2.44 bits per heavy atom. The van der Waals surface area contributed by atoms with Gasteiger partial charge in [-0.15, -0.1) is 0 Å². The van der Waals surface area contributed by atoms with Crippen molar-refractivity contribution in [1.29, 1.82) is 0 Å². The third kappa shape index (κ3) is 2.96. The molecule has 1 atom stereocenters. The number of nitrogens with one attached hydrogen (secondary N) is 2. The molecule has 0 spiro atoms. The van der Waals surface area contributed by atoms with Crippen LogP contribution in [0.15, 0.2) is 24.3 Å². The number of hydrogen-bond acceptors (Lipinski definition) is 4. The molecule has 1 aromatic carbocycles. The van der Waals surface area contributed by atoms with Gasteiger partial charge < -0.3 is 10.6 Å². The van der Waals surface area contributed by atoms with Crippen LogP contribution in [0.2, 0.25) is 0 Å². The molecular weight excluding hydrogens is 224 g/mol. The molecule has 1 aromatic heterocycles. The van der Waals surface area contributed by atoms with Crippen LogP contribution in [0, 0.1) is 12.8 Å². The maximum Gasteiger partial charge on any atom is 0.148 e. The number of nitrogens with zero attached hydrogens (tertiary/aromatic N) is 2. The van der Waals surface area contributed by atoms with Gasteiger partial charge in [0.15, 0.2) is 0 Å². The number of hydrogen-bond donors (Lipinski definition) is 2. The van der Waals surface area contributed by atoms with Crippen LogP contribution in [-0.2, 0) is 0 Å². The first kappa shape index (κ1) is 12.8. The number of rotatable bonds is 5. The quantitative estimate of drug-likeness (QED) is 0.846. The number of aromatic nitrogens is 2. The predicted octanol–water partition coefficient (Wildman–Crippen LogP) is 2.21. The lowest BCUT2D eigenvalue weighted by molar-refractivity contribution is 0.568. The first-order chi connectivity index (χ1) is 8.70. The molecule has 2 aromatic rings. The van der Waals surface area contributed by atoms with Gasteiger partial charge in [0.25, 0.3) is 0 Å². The second-order valence-corrected chi connectivity index (χ2v) is 4.69. The van der Waals surface area contributed by atoms with E-state index < -0.39 is 0 Å². The zero-order valence-corrected chi connectivity index (χ0v) is 11.2. The molecule has 0 aliphatic heterocycles. The lowest BCUT2D eigenvalue weighted by Crippen LogP contribution is -2.23. The summed E-state index contributed by atoms with van der Waals surface area (Å²) in [7, 11) is 1.97. The minimum absolute atomic E-state index is 0.558. The monoisotopic (exact) mass is 244 g/mol. The maximum absolute atomic E-state index is 4.61. The van der Waals surface area contributed by atoms with E-state index in [0.29, 0.717) is 5.92 Å². The average molecular weight is 244 g/mol. The zero-order valence-electron chi connectivity index (χ0n) is 11.2. The Bertz CT molecular complexity index is 524. The summed E-state index contributed by atoms with van der Waals surface area (Å²) in [6, 6.07) is 7.95. The number of para-hydroxylation sites is 2. The molecular formula is C14H20N4. The van der Waals surface area contributed by atoms with Crippen molar-refractivity contribution in [3.63, 3.8) is 0 Å². The van der Waals surface area contributed by atoms with Crippen LogP contribution >= 0.6 is 0 Å². The van der Waals surface area contributed by atoms with E-state index in [4.69, 9.17) is 0 Å². The standard InChI is InChI=1S/C14H20N4/c1-10(8-15-3)9-16-14-11(2)17-12-6-4-5-7-13(12)18-14/h4-7,10,15H,8-9H2,1-3H3,(H,16,18). The van der Waals surface area contributed by atoms with Crippen molar-refractivity contribution in [2.24, 2.45) is 5.92 Å². The highest BCUT2D eigenvalue weighted by Crippen LogP contribution is 2.16. The van der Waals surface area contributed by atoms with Gasteiger partial charge in [0.05, 0.1) is 16.7 Å². The van der Waals surface area contributed by atoms with E-state index in [1.165, 1.54) is 0 Å². The highest BCUT2D eigenvalue weighted by molar-refractivity contribution is 5.76. The highest BCUT2D eigenvalue weighted by Gasteiger charge is 2.06. The van der Waals surface area contributed by atoms with Crippen LogP contribution in [-0.4, -0.2) is 30.1 Å². The summed E-state index contributed by atoms with van der Waals surface area (Å²) in [6.07, 6.45) is 0. The van der Waals surface area contributed by atoms with Crippen LogP contribution in [0.25, 0.3) is 11.0 Å². The summed E-state index contributed by atoms with van der Waals surface area (Å²) in [5.41, 5.74) is 2.83. The number of aryl methyl sites for hydroxylation is 1.